The predicted octanol–water partition coefficient (Wildman–Crippen LogP) is 5.09. The average Bonchev–Trinajstić information content (AvgIpc) is 2.78. The molecule has 0 saturated heterocycles. The van der Waals surface area contributed by atoms with Crippen LogP contribution in [0.1, 0.15) is 25.3 Å². The zero-order valence-electron chi connectivity index (χ0n) is 18.1. The molecule has 180 valence electrons. The van der Waals surface area contributed by atoms with Crippen molar-refractivity contribution in [1.82, 2.24) is 0 Å². The summed E-state index contributed by atoms with van der Waals surface area (Å²) in [6.45, 7) is 1.78. The fourth-order valence-corrected chi connectivity index (χ4v) is 5.74. The van der Waals surface area contributed by atoms with Crippen molar-refractivity contribution < 1.29 is 31.5 Å². The third kappa shape index (κ3) is 7.15. The molecule has 0 aromatic heterocycles. The first-order valence-corrected chi connectivity index (χ1v) is 13.5. The molecule has 0 amide bonds. The van der Waals surface area contributed by atoms with Crippen LogP contribution in [0.3, 0.4) is 0 Å². The lowest BCUT2D eigenvalue weighted by atomic mass is 9.90. The Balaban J connectivity index is 1.61. The Morgan fingerprint density at radius 3 is 2.61 bits per heavy atom. The van der Waals surface area contributed by atoms with Crippen molar-refractivity contribution >= 4 is 38.3 Å². The smallest absolute Gasteiger partial charge is 0.185 e. The zero-order chi connectivity index (χ0) is 24.0. The summed E-state index contributed by atoms with van der Waals surface area (Å²) < 4.78 is 64.7. The van der Waals surface area contributed by atoms with Gasteiger partial charge in [-0.15, -0.1) is 0 Å². The molecule has 0 unspecified atom stereocenters. The first kappa shape index (κ1) is 25.9. The van der Waals surface area contributed by atoms with Crippen molar-refractivity contribution in [2.75, 3.05) is 24.7 Å². The SMILES string of the molecule is CC(=O)SCC[C@H](OCCCS(=O)(=O)c1ccc(Cl)cc1)[C@@H]1COc2c(F)ccc(F)c2C1. The van der Waals surface area contributed by atoms with E-state index in [1.54, 1.807) is 0 Å². The summed E-state index contributed by atoms with van der Waals surface area (Å²) in [7, 11) is -3.48. The molecule has 10 heteroatoms. The Morgan fingerprint density at radius 2 is 1.91 bits per heavy atom. The molecule has 33 heavy (non-hydrogen) atoms. The standard InChI is InChI=1S/C23H25ClF2O5S2/c1-15(27)32-11-9-22(16-13-19-20(25)7-8-21(26)23(19)31-14-16)30-10-2-12-33(28,29)18-5-3-17(24)4-6-18/h3-8,16,22H,2,9-14H2,1H3/t16-,22-/m0/s1. The van der Waals surface area contributed by atoms with Crippen LogP contribution in [0.15, 0.2) is 41.3 Å². The quantitative estimate of drug-likeness (QED) is 0.408. The molecule has 0 N–H and O–H groups in total. The minimum absolute atomic E-state index is 0.0267. The number of halogens is 3. The number of hydrogen-bond donors (Lipinski definition) is 0. The highest BCUT2D eigenvalue weighted by molar-refractivity contribution is 8.13. The number of fused-ring (bicyclic) bond motifs is 1. The van der Waals surface area contributed by atoms with Crippen molar-refractivity contribution in [2.45, 2.75) is 37.2 Å². The lowest BCUT2D eigenvalue weighted by Crippen LogP contribution is -2.35. The molecule has 0 spiro atoms. The van der Waals surface area contributed by atoms with Crippen LogP contribution in [-0.4, -0.2) is 44.4 Å². The van der Waals surface area contributed by atoms with Crippen LogP contribution >= 0.6 is 23.4 Å². The van der Waals surface area contributed by atoms with Gasteiger partial charge in [0.2, 0.25) is 0 Å². The van der Waals surface area contributed by atoms with Gasteiger partial charge in [-0.1, -0.05) is 23.4 Å². The van der Waals surface area contributed by atoms with E-state index in [4.69, 9.17) is 21.1 Å². The minimum atomic E-state index is -3.48. The first-order valence-electron chi connectivity index (χ1n) is 10.5. The van der Waals surface area contributed by atoms with Gasteiger partial charge in [0.25, 0.3) is 0 Å². The van der Waals surface area contributed by atoms with E-state index in [0.717, 1.165) is 23.9 Å². The van der Waals surface area contributed by atoms with E-state index in [2.05, 4.69) is 0 Å². The summed E-state index contributed by atoms with van der Waals surface area (Å²) in [5, 5.41) is 0.428. The van der Waals surface area contributed by atoms with Crippen molar-refractivity contribution in [1.29, 1.82) is 0 Å². The Bertz CT molecular complexity index is 1080. The van der Waals surface area contributed by atoms with Gasteiger partial charge < -0.3 is 9.47 Å². The van der Waals surface area contributed by atoms with Crippen LogP contribution in [-0.2, 0) is 25.8 Å². The van der Waals surface area contributed by atoms with Gasteiger partial charge in [-0.2, -0.15) is 0 Å². The summed E-state index contributed by atoms with van der Waals surface area (Å²) >= 11 is 6.97. The monoisotopic (exact) mass is 518 g/mol. The van der Waals surface area contributed by atoms with Gasteiger partial charge >= 0.3 is 0 Å². The predicted molar refractivity (Wildman–Crippen MR) is 125 cm³/mol. The molecule has 2 atom stereocenters. The molecule has 1 aliphatic heterocycles. The van der Waals surface area contributed by atoms with E-state index in [-0.39, 0.29) is 59.0 Å². The topological polar surface area (TPSA) is 69.7 Å². The summed E-state index contributed by atoms with van der Waals surface area (Å²) in [6, 6.07) is 8.08. The Morgan fingerprint density at radius 1 is 1.21 bits per heavy atom. The highest BCUT2D eigenvalue weighted by Gasteiger charge is 2.31. The Kier molecular flexibility index (Phi) is 9.15. The summed E-state index contributed by atoms with van der Waals surface area (Å²) in [5.74, 6) is -1.08. The van der Waals surface area contributed by atoms with E-state index >= 15 is 0 Å². The second-order valence-electron chi connectivity index (χ2n) is 7.78. The number of rotatable bonds is 10. The first-order chi connectivity index (χ1) is 15.7. The van der Waals surface area contributed by atoms with Crippen molar-refractivity contribution in [3.63, 3.8) is 0 Å². The molecule has 3 rings (SSSR count). The van der Waals surface area contributed by atoms with Crippen LogP contribution in [0, 0.1) is 17.6 Å². The normalized spacial score (nSPS) is 16.7. The number of benzene rings is 2. The maximum atomic E-state index is 14.3. The van der Waals surface area contributed by atoms with Gasteiger partial charge in [-0.05, 0) is 55.7 Å². The number of carbonyl (C=O) groups is 1. The second-order valence-corrected chi connectivity index (χ2v) is 11.6. The number of hydrogen-bond acceptors (Lipinski definition) is 6. The maximum absolute atomic E-state index is 14.3. The fourth-order valence-electron chi connectivity index (χ4n) is 3.69. The van der Waals surface area contributed by atoms with Crippen LogP contribution in [0.5, 0.6) is 5.75 Å². The molecule has 0 radical (unpaired) electrons. The lowest BCUT2D eigenvalue weighted by molar-refractivity contribution is -0.109. The van der Waals surface area contributed by atoms with E-state index in [9.17, 15) is 22.0 Å². The van der Waals surface area contributed by atoms with Crippen molar-refractivity contribution in [3.05, 3.63) is 58.6 Å². The molecular formula is C23H25ClF2O5S2. The van der Waals surface area contributed by atoms with Gasteiger partial charge in [-0.25, -0.2) is 17.2 Å². The van der Waals surface area contributed by atoms with Crippen LogP contribution in [0.25, 0.3) is 0 Å². The third-order valence-electron chi connectivity index (χ3n) is 5.36. The number of carbonyl (C=O) groups excluding carboxylic acids is 1. The van der Waals surface area contributed by atoms with Gasteiger partial charge in [-0.3, -0.25) is 4.79 Å². The highest BCUT2D eigenvalue weighted by Crippen LogP contribution is 2.34. The second kappa shape index (κ2) is 11.6. The molecule has 1 heterocycles. The Hall–Kier alpha value is -1.68. The van der Waals surface area contributed by atoms with Crippen molar-refractivity contribution in [2.24, 2.45) is 5.92 Å². The van der Waals surface area contributed by atoms with Crippen LogP contribution < -0.4 is 4.74 Å². The molecule has 1 aliphatic rings. The highest BCUT2D eigenvalue weighted by atomic mass is 35.5. The summed E-state index contributed by atoms with van der Waals surface area (Å²) in [4.78, 5) is 11.5. The van der Waals surface area contributed by atoms with Crippen LogP contribution in [0.4, 0.5) is 8.78 Å². The van der Waals surface area contributed by atoms with Gasteiger partial charge in [0, 0.05) is 35.8 Å². The molecule has 0 bridgehead atoms. The molecule has 2 aromatic carbocycles. The van der Waals surface area contributed by atoms with Gasteiger partial charge in [0.1, 0.15) is 5.82 Å². The molecule has 0 saturated carbocycles. The van der Waals surface area contributed by atoms with Crippen molar-refractivity contribution in [3.8, 4) is 5.75 Å². The van der Waals surface area contributed by atoms with E-state index < -0.39 is 27.6 Å². The number of thioether (sulfide) groups is 1. The molecule has 0 fully saturated rings. The number of ether oxygens (including phenoxy) is 2. The lowest BCUT2D eigenvalue weighted by Gasteiger charge is -2.32. The summed E-state index contributed by atoms with van der Waals surface area (Å²) in [5.41, 5.74) is 0.171. The maximum Gasteiger partial charge on any atom is 0.185 e. The fraction of sp³-hybridized carbons (Fsp3) is 0.435. The average molecular weight is 519 g/mol. The molecular weight excluding hydrogens is 494 g/mol. The number of sulfone groups is 1. The van der Waals surface area contributed by atoms with E-state index in [1.807, 2.05) is 0 Å². The largest absolute Gasteiger partial charge is 0.490 e. The zero-order valence-corrected chi connectivity index (χ0v) is 20.4. The minimum Gasteiger partial charge on any atom is -0.490 e. The summed E-state index contributed by atoms with van der Waals surface area (Å²) in [6.07, 6.45) is 0.589. The van der Waals surface area contributed by atoms with E-state index in [1.165, 1.54) is 31.2 Å². The molecule has 5 nitrogen and oxygen atoms in total. The van der Waals surface area contributed by atoms with Crippen LogP contribution in [0.2, 0.25) is 5.02 Å². The molecule has 2 aromatic rings. The molecule has 0 aliphatic carbocycles. The van der Waals surface area contributed by atoms with Gasteiger partial charge in [0.15, 0.2) is 26.5 Å². The Labute approximate surface area is 201 Å². The van der Waals surface area contributed by atoms with E-state index in [0.29, 0.717) is 17.2 Å². The third-order valence-corrected chi connectivity index (χ3v) is 8.27. The van der Waals surface area contributed by atoms with Gasteiger partial charge in [0.05, 0.1) is 23.4 Å².